The molecule has 0 bridgehead atoms. The number of amides is 1. The first-order chi connectivity index (χ1) is 15.9. The number of anilines is 1. The Morgan fingerprint density at radius 3 is 2.24 bits per heavy atom. The summed E-state index contributed by atoms with van der Waals surface area (Å²) >= 11 is 0. The molecule has 1 aliphatic heterocycles. The molecule has 1 aliphatic rings. The fraction of sp³-hybridized carbons (Fsp3) is 0.192. The molecule has 33 heavy (non-hydrogen) atoms. The first-order valence-corrected chi connectivity index (χ1v) is 10.4. The van der Waals surface area contributed by atoms with Crippen molar-refractivity contribution in [1.29, 1.82) is 0 Å². The van der Waals surface area contributed by atoms with Gasteiger partial charge in [-0.05, 0) is 73.0 Å². The average molecular weight is 444 g/mol. The van der Waals surface area contributed by atoms with E-state index in [0.29, 0.717) is 28.3 Å². The smallest absolute Gasteiger partial charge is 0.300 e. The van der Waals surface area contributed by atoms with Gasteiger partial charge in [0, 0.05) is 18.1 Å². The summed E-state index contributed by atoms with van der Waals surface area (Å²) < 4.78 is 10.7. The maximum absolute atomic E-state index is 13.3. The number of carbonyl (C=O) groups is 2. The average Bonchev–Trinajstić information content (AvgIpc) is 3.09. The van der Waals surface area contributed by atoms with Crippen molar-refractivity contribution in [3.63, 3.8) is 0 Å². The number of aromatic nitrogens is 1. The number of Topliss-reactive ketones (excluding diaryl/α,β-unsaturated/α-hetero) is 1. The van der Waals surface area contributed by atoms with E-state index in [-0.39, 0.29) is 11.3 Å². The van der Waals surface area contributed by atoms with Gasteiger partial charge in [0.1, 0.15) is 17.3 Å². The maximum Gasteiger partial charge on any atom is 0.300 e. The Kier molecular flexibility index (Phi) is 5.87. The van der Waals surface area contributed by atoms with Crippen molar-refractivity contribution in [2.45, 2.75) is 19.9 Å². The number of pyridine rings is 1. The van der Waals surface area contributed by atoms with Gasteiger partial charge < -0.3 is 14.6 Å². The van der Waals surface area contributed by atoms with Crippen LogP contribution in [0.15, 0.2) is 66.5 Å². The summed E-state index contributed by atoms with van der Waals surface area (Å²) in [5.74, 6) is -0.717. The molecule has 1 aromatic heterocycles. The molecule has 0 aliphatic carbocycles. The molecule has 7 heteroatoms. The number of methoxy groups -OCH3 is 2. The summed E-state index contributed by atoms with van der Waals surface area (Å²) in [4.78, 5) is 32.0. The lowest BCUT2D eigenvalue weighted by Crippen LogP contribution is -2.29. The van der Waals surface area contributed by atoms with Gasteiger partial charge in [-0.2, -0.15) is 0 Å². The highest BCUT2D eigenvalue weighted by Crippen LogP contribution is 2.43. The molecular formula is C26H24N2O5. The predicted octanol–water partition coefficient (Wildman–Crippen LogP) is 4.34. The fourth-order valence-corrected chi connectivity index (χ4v) is 4.25. The second kappa shape index (κ2) is 8.78. The number of hydrogen-bond donors (Lipinski definition) is 1. The lowest BCUT2D eigenvalue weighted by molar-refractivity contribution is -0.132. The third-order valence-electron chi connectivity index (χ3n) is 5.70. The zero-order chi connectivity index (χ0) is 23.7. The van der Waals surface area contributed by atoms with Gasteiger partial charge in [-0.3, -0.25) is 19.5 Å². The Hall–Kier alpha value is -4.13. The van der Waals surface area contributed by atoms with Crippen LogP contribution in [0.5, 0.6) is 11.5 Å². The minimum Gasteiger partial charge on any atom is -0.507 e. The van der Waals surface area contributed by atoms with E-state index in [2.05, 4.69) is 4.98 Å². The number of aliphatic hydroxyl groups excluding tert-OH is 1. The van der Waals surface area contributed by atoms with Gasteiger partial charge in [0.2, 0.25) is 0 Å². The zero-order valence-electron chi connectivity index (χ0n) is 18.8. The number of aryl methyl sites for hydroxylation is 2. The summed E-state index contributed by atoms with van der Waals surface area (Å²) in [6.45, 7) is 3.75. The highest BCUT2D eigenvalue weighted by molar-refractivity contribution is 6.51. The van der Waals surface area contributed by atoms with Crippen LogP contribution < -0.4 is 14.4 Å². The van der Waals surface area contributed by atoms with Crippen LogP contribution in [0.2, 0.25) is 0 Å². The standard InChI is InChI=1S/C26H24N2O5/c1-15-13-16(2)25(33-4)20(14-15)23(29)21-22(17-9-11-27-12-10-17)28(26(31)24(21)30)18-5-7-19(32-3)8-6-18/h5-14,22,29H,1-4H3/b23-21+. The summed E-state index contributed by atoms with van der Waals surface area (Å²) in [5.41, 5.74) is 3.20. The molecule has 2 heterocycles. The zero-order valence-corrected chi connectivity index (χ0v) is 18.8. The Balaban J connectivity index is 1.97. The highest BCUT2D eigenvalue weighted by Gasteiger charge is 2.47. The van der Waals surface area contributed by atoms with E-state index >= 15 is 0 Å². The Morgan fingerprint density at radius 2 is 1.64 bits per heavy atom. The second-order valence-electron chi connectivity index (χ2n) is 7.81. The molecule has 1 N–H and O–H groups in total. The van der Waals surface area contributed by atoms with Crippen LogP contribution in [0.25, 0.3) is 5.76 Å². The summed E-state index contributed by atoms with van der Waals surface area (Å²) in [6.07, 6.45) is 3.17. The third kappa shape index (κ3) is 3.82. The minimum atomic E-state index is -0.841. The summed E-state index contributed by atoms with van der Waals surface area (Å²) in [5, 5.41) is 11.4. The molecule has 1 fully saturated rings. The number of benzene rings is 2. The highest BCUT2D eigenvalue weighted by atomic mass is 16.5. The second-order valence-corrected chi connectivity index (χ2v) is 7.81. The van der Waals surface area contributed by atoms with Crippen LogP contribution in [0.3, 0.4) is 0 Å². The van der Waals surface area contributed by atoms with E-state index in [9.17, 15) is 14.7 Å². The molecule has 1 atom stereocenters. The minimum absolute atomic E-state index is 0.00896. The molecule has 0 radical (unpaired) electrons. The van der Waals surface area contributed by atoms with Crippen molar-refractivity contribution < 1.29 is 24.2 Å². The molecule has 0 saturated carbocycles. The van der Waals surface area contributed by atoms with Gasteiger partial charge in [-0.1, -0.05) is 6.07 Å². The molecular weight excluding hydrogens is 420 g/mol. The van der Waals surface area contributed by atoms with Crippen molar-refractivity contribution in [1.82, 2.24) is 4.98 Å². The number of ketones is 1. The normalized spacial score (nSPS) is 17.3. The van der Waals surface area contributed by atoms with Crippen molar-refractivity contribution in [2.75, 3.05) is 19.1 Å². The van der Waals surface area contributed by atoms with E-state index in [0.717, 1.165) is 11.1 Å². The van der Waals surface area contributed by atoms with Gasteiger partial charge >= 0.3 is 0 Å². The van der Waals surface area contributed by atoms with Crippen molar-refractivity contribution in [3.05, 3.63) is 88.8 Å². The molecule has 1 saturated heterocycles. The SMILES string of the molecule is COc1ccc(N2C(=O)C(=O)/C(=C(/O)c3cc(C)cc(C)c3OC)C2c2ccncc2)cc1. The number of ether oxygens (including phenoxy) is 2. The number of aliphatic hydroxyl groups is 1. The lowest BCUT2D eigenvalue weighted by Gasteiger charge is -2.25. The van der Waals surface area contributed by atoms with Crippen LogP contribution in [0.4, 0.5) is 5.69 Å². The number of hydrogen-bond acceptors (Lipinski definition) is 6. The Labute approximate surface area is 191 Å². The Bertz CT molecular complexity index is 1250. The molecule has 1 unspecified atom stereocenters. The molecule has 2 aromatic carbocycles. The van der Waals surface area contributed by atoms with Gasteiger partial charge in [0.05, 0.1) is 31.4 Å². The van der Waals surface area contributed by atoms with E-state index in [1.54, 1.807) is 62.0 Å². The quantitative estimate of drug-likeness (QED) is 0.358. The van der Waals surface area contributed by atoms with Crippen molar-refractivity contribution in [3.8, 4) is 11.5 Å². The first kappa shape index (κ1) is 22.1. The molecule has 1 amide bonds. The van der Waals surface area contributed by atoms with Gasteiger partial charge in [0.15, 0.2) is 0 Å². The number of carbonyl (C=O) groups excluding carboxylic acids is 2. The Morgan fingerprint density at radius 1 is 0.970 bits per heavy atom. The largest absolute Gasteiger partial charge is 0.507 e. The topological polar surface area (TPSA) is 89.0 Å². The van der Waals surface area contributed by atoms with Crippen LogP contribution >= 0.6 is 0 Å². The van der Waals surface area contributed by atoms with Crippen LogP contribution in [-0.4, -0.2) is 36.0 Å². The lowest BCUT2D eigenvalue weighted by atomic mass is 9.94. The molecule has 0 spiro atoms. The van der Waals surface area contributed by atoms with Gasteiger partial charge in [-0.15, -0.1) is 0 Å². The maximum atomic E-state index is 13.3. The van der Waals surface area contributed by atoms with Crippen molar-refractivity contribution >= 4 is 23.1 Å². The predicted molar refractivity (Wildman–Crippen MR) is 124 cm³/mol. The first-order valence-electron chi connectivity index (χ1n) is 10.4. The fourth-order valence-electron chi connectivity index (χ4n) is 4.25. The third-order valence-corrected chi connectivity index (χ3v) is 5.70. The molecule has 3 aromatic rings. The van der Waals surface area contributed by atoms with E-state index in [1.165, 1.54) is 12.0 Å². The van der Waals surface area contributed by atoms with Crippen LogP contribution in [-0.2, 0) is 9.59 Å². The van der Waals surface area contributed by atoms with Crippen LogP contribution in [0.1, 0.15) is 28.3 Å². The summed E-state index contributed by atoms with van der Waals surface area (Å²) in [7, 11) is 3.06. The number of nitrogens with zero attached hydrogens (tertiary/aromatic N) is 2. The van der Waals surface area contributed by atoms with Gasteiger partial charge in [-0.25, -0.2) is 0 Å². The summed E-state index contributed by atoms with van der Waals surface area (Å²) in [6, 6.07) is 13.1. The number of rotatable bonds is 5. The van der Waals surface area contributed by atoms with Gasteiger partial charge in [0.25, 0.3) is 11.7 Å². The van der Waals surface area contributed by atoms with E-state index in [4.69, 9.17) is 9.47 Å². The van der Waals surface area contributed by atoms with E-state index in [1.807, 2.05) is 19.9 Å². The van der Waals surface area contributed by atoms with Crippen LogP contribution in [0, 0.1) is 13.8 Å². The monoisotopic (exact) mass is 444 g/mol. The van der Waals surface area contributed by atoms with E-state index < -0.39 is 17.7 Å². The molecule has 168 valence electrons. The van der Waals surface area contributed by atoms with Crippen molar-refractivity contribution in [2.24, 2.45) is 0 Å². The molecule has 7 nitrogen and oxygen atoms in total. The molecule has 4 rings (SSSR count).